The standard InChI is InChI=1S/C8H7BrClF2NO/c1-14-5-2-6(9)13-7(8(11)12)4(5)3-10/h2,8H,3H2,1H3. The maximum Gasteiger partial charge on any atom is 0.280 e. The van der Waals surface area contributed by atoms with Crippen molar-refractivity contribution in [3.63, 3.8) is 0 Å². The van der Waals surface area contributed by atoms with Crippen LogP contribution in [-0.4, -0.2) is 12.1 Å². The van der Waals surface area contributed by atoms with Crippen LogP contribution in [0.15, 0.2) is 10.7 Å². The minimum absolute atomic E-state index is 0.0525. The van der Waals surface area contributed by atoms with Crippen LogP contribution in [0, 0.1) is 0 Å². The third-order valence-corrected chi connectivity index (χ3v) is 2.32. The Labute approximate surface area is 93.4 Å². The number of pyridine rings is 1. The van der Waals surface area contributed by atoms with Crippen molar-refractivity contribution in [2.24, 2.45) is 0 Å². The highest BCUT2D eigenvalue weighted by molar-refractivity contribution is 9.10. The van der Waals surface area contributed by atoms with Gasteiger partial charge in [0.1, 0.15) is 16.0 Å². The van der Waals surface area contributed by atoms with Crippen molar-refractivity contribution in [2.45, 2.75) is 12.3 Å². The van der Waals surface area contributed by atoms with Crippen molar-refractivity contribution in [1.82, 2.24) is 4.98 Å². The van der Waals surface area contributed by atoms with Gasteiger partial charge in [-0.05, 0) is 15.9 Å². The molecule has 0 unspecified atom stereocenters. The Kier molecular flexibility index (Phi) is 4.07. The molecule has 0 amide bonds. The second-order valence-electron chi connectivity index (χ2n) is 2.45. The largest absolute Gasteiger partial charge is 0.496 e. The van der Waals surface area contributed by atoms with E-state index in [1.165, 1.54) is 13.2 Å². The number of ether oxygens (including phenoxy) is 1. The van der Waals surface area contributed by atoms with Gasteiger partial charge in [-0.25, -0.2) is 13.8 Å². The van der Waals surface area contributed by atoms with E-state index < -0.39 is 6.43 Å². The molecule has 0 aliphatic heterocycles. The summed E-state index contributed by atoms with van der Waals surface area (Å²) < 4.78 is 30.3. The molecule has 0 atom stereocenters. The van der Waals surface area contributed by atoms with Crippen LogP contribution in [-0.2, 0) is 5.88 Å². The summed E-state index contributed by atoms with van der Waals surface area (Å²) in [6, 6.07) is 1.50. The van der Waals surface area contributed by atoms with Gasteiger partial charge in [-0.1, -0.05) is 0 Å². The first-order chi connectivity index (χ1) is 6.60. The summed E-state index contributed by atoms with van der Waals surface area (Å²) in [7, 11) is 1.40. The number of hydrogen-bond donors (Lipinski definition) is 0. The number of aromatic nitrogens is 1. The lowest BCUT2D eigenvalue weighted by atomic mass is 10.2. The number of hydrogen-bond acceptors (Lipinski definition) is 2. The third-order valence-electron chi connectivity index (χ3n) is 1.64. The van der Waals surface area contributed by atoms with E-state index in [9.17, 15) is 8.78 Å². The molecular formula is C8H7BrClF2NO. The predicted molar refractivity (Wildman–Crippen MR) is 53.0 cm³/mol. The molecule has 0 bridgehead atoms. The van der Waals surface area contributed by atoms with Crippen LogP contribution in [0.25, 0.3) is 0 Å². The van der Waals surface area contributed by atoms with E-state index in [-0.39, 0.29) is 17.1 Å². The molecule has 0 radical (unpaired) electrons. The summed E-state index contributed by atoms with van der Waals surface area (Å²) in [4.78, 5) is 3.65. The quantitative estimate of drug-likeness (QED) is 0.626. The zero-order chi connectivity index (χ0) is 10.7. The number of halogens is 4. The van der Waals surface area contributed by atoms with Crippen molar-refractivity contribution in [3.05, 3.63) is 21.9 Å². The van der Waals surface area contributed by atoms with Gasteiger partial charge in [-0.3, -0.25) is 0 Å². The number of nitrogens with zero attached hydrogens (tertiary/aromatic N) is 1. The molecule has 0 aliphatic rings. The van der Waals surface area contributed by atoms with Gasteiger partial charge in [0.05, 0.1) is 13.0 Å². The molecule has 1 aromatic heterocycles. The molecule has 1 heterocycles. The van der Waals surface area contributed by atoms with Crippen LogP contribution in [0.1, 0.15) is 17.7 Å². The van der Waals surface area contributed by atoms with Crippen LogP contribution in [0.5, 0.6) is 5.75 Å². The molecule has 0 N–H and O–H groups in total. The Balaban J connectivity index is 3.31. The van der Waals surface area contributed by atoms with Gasteiger partial charge in [0.2, 0.25) is 0 Å². The lowest BCUT2D eigenvalue weighted by Gasteiger charge is -2.10. The highest BCUT2D eigenvalue weighted by atomic mass is 79.9. The van der Waals surface area contributed by atoms with Crippen LogP contribution in [0.4, 0.5) is 8.78 Å². The van der Waals surface area contributed by atoms with Gasteiger partial charge in [-0.15, -0.1) is 11.6 Å². The predicted octanol–water partition coefficient (Wildman–Crippen LogP) is 3.53. The van der Waals surface area contributed by atoms with Crippen molar-refractivity contribution in [1.29, 1.82) is 0 Å². The summed E-state index contributed by atoms with van der Waals surface area (Å²) in [5.41, 5.74) is -0.112. The first kappa shape index (κ1) is 11.7. The molecule has 0 fully saturated rings. The molecule has 6 heteroatoms. The van der Waals surface area contributed by atoms with Gasteiger partial charge < -0.3 is 4.74 Å². The maximum absolute atomic E-state index is 12.5. The van der Waals surface area contributed by atoms with E-state index in [1.54, 1.807) is 0 Å². The van der Waals surface area contributed by atoms with Gasteiger partial charge >= 0.3 is 0 Å². The highest BCUT2D eigenvalue weighted by Gasteiger charge is 2.19. The van der Waals surface area contributed by atoms with E-state index in [2.05, 4.69) is 20.9 Å². The minimum atomic E-state index is -2.66. The molecular weight excluding hydrogens is 279 g/mol. The zero-order valence-electron chi connectivity index (χ0n) is 7.23. The SMILES string of the molecule is COc1cc(Br)nc(C(F)F)c1CCl. The summed E-state index contributed by atoms with van der Waals surface area (Å²) >= 11 is 8.56. The molecule has 78 valence electrons. The molecule has 0 aliphatic carbocycles. The smallest absolute Gasteiger partial charge is 0.280 e. The number of rotatable bonds is 3. The Hall–Kier alpha value is -0.420. The lowest BCUT2D eigenvalue weighted by molar-refractivity contribution is 0.144. The summed E-state index contributed by atoms with van der Waals surface area (Å²) in [5.74, 6) is 0.264. The number of methoxy groups -OCH3 is 1. The van der Waals surface area contributed by atoms with Crippen LogP contribution in [0.2, 0.25) is 0 Å². The van der Waals surface area contributed by atoms with Crippen LogP contribution >= 0.6 is 27.5 Å². The Morgan fingerprint density at radius 2 is 2.29 bits per heavy atom. The maximum atomic E-state index is 12.5. The van der Waals surface area contributed by atoms with Crippen LogP contribution < -0.4 is 4.74 Å². The Morgan fingerprint density at radius 1 is 1.64 bits per heavy atom. The van der Waals surface area contributed by atoms with Gasteiger partial charge in [0.15, 0.2) is 0 Å². The second kappa shape index (κ2) is 4.89. The topological polar surface area (TPSA) is 22.1 Å². The molecule has 2 nitrogen and oxygen atoms in total. The van der Waals surface area contributed by atoms with Crippen molar-refractivity contribution < 1.29 is 13.5 Å². The fourth-order valence-corrected chi connectivity index (χ4v) is 1.70. The molecule has 0 saturated heterocycles. The fourth-order valence-electron chi connectivity index (χ4n) is 1.03. The van der Waals surface area contributed by atoms with E-state index in [1.807, 2.05) is 0 Å². The van der Waals surface area contributed by atoms with Crippen molar-refractivity contribution >= 4 is 27.5 Å². The second-order valence-corrected chi connectivity index (χ2v) is 3.53. The Morgan fingerprint density at radius 3 is 2.71 bits per heavy atom. The van der Waals surface area contributed by atoms with Gasteiger partial charge in [0.25, 0.3) is 6.43 Å². The van der Waals surface area contributed by atoms with Crippen molar-refractivity contribution in [2.75, 3.05) is 7.11 Å². The first-order valence-electron chi connectivity index (χ1n) is 3.67. The summed E-state index contributed by atoms with van der Waals surface area (Å²) in [5, 5.41) is 0. The highest BCUT2D eigenvalue weighted by Crippen LogP contribution is 2.31. The molecule has 0 saturated carbocycles. The summed E-state index contributed by atoms with van der Waals surface area (Å²) in [6.07, 6.45) is -2.66. The molecule has 1 aromatic rings. The minimum Gasteiger partial charge on any atom is -0.496 e. The van der Waals surface area contributed by atoms with Crippen molar-refractivity contribution in [3.8, 4) is 5.75 Å². The normalized spacial score (nSPS) is 10.7. The number of alkyl halides is 3. The average molecular weight is 287 g/mol. The van der Waals surface area contributed by atoms with Crippen LogP contribution in [0.3, 0.4) is 0 Å². The first-order valence-corrected chi connectivity index (χ1v) is 5.00. The molecule has 1 rings (SSSR count). The van der Waals surface area contributed by atoms with E-state index in [0.717, 1.165) is 0 Å². The zero-order valence-corrected chi connectivity index (χ0v) is 9.57. The third kappa shape index (κ3) is 2.33. The van der Waals surface area contributed by atoms with E-state index in [0.29, 0.717) is 10.4 Å². The molecule has 0 aromatic carbocycles. The van der Waals surface area contributed by atoms with Gasteiger partial charge in [-0.2, -0.15) is 0 Å². The monoisotopic (exact) mass is 285 g/mol. The fraction of sp³-hybridized carbons (Fsp3) is 0.375. The molecule has 0 spiro atoms. The average Bonchev–Trinajstić information content (AvgIpc) is 2.16. The van der Waals surface area contributed by atoms with E-state index in [4.69, 9.17) is 16.3 Å². The lowest BCUT2D eigenvalue weighted by Crippen LogP contribution is -2.01. The molecule has 14 heavy (non-hydrogen) atoms. The summed E-state index contributed by atoms with van der Waals surface area (Å²) in [6.45, 7) is 0. The van der Waals surface area contributed by atoms with E-state index >= 15 is 0 Å². The Bertz CT molecular complexity index is 335. The van der Waals surface area contributed by atoms with Gasteiger partial charge in [0, 0.05) is 11.6 Å².